The maximum absolute atomic E-state index is 7.27. The molecule has 2 nitrogen and oxygen atoms in total. The Labute approximate surface area is 386 Å². The van der Waals surface area contributed by atoms with Crippen LogP contribution in [0, 0.1) is 0 Å². The molecule has 11 aromatic carbocycles. The molecule has 0 amide bonds. The van der Waals surface area contributed by atoms with Crippen LogP contribution in [0.5, 0.6) is 11.5 Å². The minimum absolute atomic E-state index is 0.649. The first-order chi connectivity index (χ1) is 32.7. The molecule has 0 bridgehead atoms. The predicted octanol–water partition coefficient (Wildman–Crippen LogP) is 17.6. The van der Waals surface area contributed by atoms with Gasteiger partial charge in [0.25, 0.3) is 0 Å². The van der Waals surface area contributed by atoms with E-state index in [0.29, 0.717) is 0 Å². The number of anilines is 3. The van der Waals surface area contributed by atoms with Crippen LogP contribution in [0.4, 0.5) is 17.1 Å². The van der Waals surface area contributed by atoms with Crippen LogP contribution >= 0.6 is 11.3 Å². The van der Waals surface area contributed by atoms with Crippen LogP contribution in [0.3, 0.4) is 0 Å². The highest BCUT2D eigenvalue weighted by atomic mass is 32.1. The first-order valence-electron chi connectivity index (χ1n) is 22.7. The molecule has 2 aliphatic rings. The quantitative estimate of drug-likeness (QED) is 0.171. The molecule has 1 aliphatic carbocycles. The highest BCUT2D eigenvalue weighted by Crippen LogP contribution is 2.64. The maximum atomic E-state index is 7.27. The third kappa shape index (κ3) is 5.35. The summed E-state index contributed by atoms with van der Waals surface area (Å²) >= 11 is 1.86. The van der Waals surface area contributed by atoms with Crippen LogP contribution in [0.15, 0.2) is 237 Å². The molecule has 0 unspecified atom stereocenters. The van der Waals surface area contributed by atoms with Gasteiger partial charge < -0.3 is 9.64 Å². The van der Waals surface area contributed by atoms with Gasteiger partial charge in [0.05, 0.1) is 11.1 Å². The maximum Gasteiger partial charge on any atom is 0.140 e. The molecular weight excluding hydrogens is 819 g/mol. The Morgan fingerprint density at radius 3 is 1.73 bits per heavy atom. The van der Waals surface area contributed by atoms with Gasteiger partial charge in [0, 0.05) is 59.0 Å². The van der Waals surface area contributed by atoms with Crippen molar-refractivity contribution in [3.8, 4) is 44.9 Å². The lowest BCUT2D eigenvalue weighted by Gasteiger charge is -2.40. The van der Waals surface area contributed by atoms with Gasteiger partial charge in [-0.1, -0.05) is 194 Å². The van der Waals surface area contributed by atoms with Crippen molar-refractivity contribution in [1.82, 2.24) is 0 Å². The number of fused-ring (bicyclic) bond motifs is 16. The minimum atomic E-state index is -0.649. The lowest BCUT2D eigenvalue weighted by atomic mass is 9.65. The second-order valence-electron chi connectivity index (χ2n) is 17.5. The standard InChI is InChI=1S/C63H39NOS/c1-2-15-40(16-3-1)43-19-14-20-45(37-43)64(46-32-34-53-52-25-10-13-28-59(52)66-60(53)39-46)58-27-12-9-21-47(58)44-29-33-51-50-24-8-11-26-54(50)63(57(51)38-44)55-35-30-41-17-4-6-22-48(41)61(55)65-62-49-23-7-5-18-42(49)31-36-56(62)63/h1-39H. The van der Waals surface area contributed by atoms with Crippen LogP contribution in [0.2, 0.25) is 0 Å². The molecule has 1 spiro atoms. The monoisotopic (exact) mass is 857 g/mol. The van der Waals surface area contributed by atoms with E-state index in [9.17, 15) is 0 Å². The van der Waals surface area contributed by atoms with Crippen molar-refractivity contribution in [1.29, 1.82) is 0 Å². The van der Waals surface area contributed by atoms with Gasteiger partial charge in [-0.3, -0.25) is 0 Å². The zero-order valence-corrected chi connectivity index (χ0v) is 36.6. The van der Waals surface area contributed by atoms with Crippen molar-refractivity contribution in [2.75, 3.05) is 4.90 Å². The van der Waals surface area contributed by atoms with Crippen molar-refractivity contribution in [3.05, 3.63) is 259 Å². The van der Waals surface area contributed by atoms with E-state index in [1.165, 1.54) is 53.6 Å². The number of para-hydroxylation sites is 1. The summed E-state index contributed by atoms with van der Waals surface area (Å²) in [6.45, 7) is 0. The van der Waals surface area contributed by atoms with Gasteiger partial charge in [0.15, 0.2) is 0 Å². The average Bonchev–Trinajstić information content (AvgIpc) is 3.90. The number of hydrogen-bond donors (Lipinski definition) is 0. The van der Waals surface area contributed by atoms with Crippen molar-refractivity contribution in [2.24, 2.45) is 0 Å². The normalized spacial score (nSPS) is 13.1. The summed E-state index contributed by atoms with van der Waals surface area (Å²) < 4.78 is 9.84. The Balaban J connectivity index is 1.03. The first-order valence-corrected chi connectivity index (χ1v) is 23.5. The number of hydrogen-bond acceptors (Lipinski definition) is 3. The van der Waals surface area contributed by atoms with Gasteiger partial charge in [-0.05, 0) is 92.2 Å². The molecule has 0 saturated heterocycles. The van der Waals surface area contributed by atoms with E-state index in [1.807, 2.05) is 11.3 Å². The average molecular weight is 858 g/mol. The molecule has 0 fully saturated rings. The second kappa shape index (κ2) is 14.4. The minimum Gasteiger partial charge on any atom is -0.455 e. The summed E-state index contributed by atoms with van der Waals surface area (Å²) in [4.78, 5) is 2.46. The number of thiophene rings is 1. The van der Waals surface area contributed by atoms with Crippen molar-refractivity contribution >= 4 is 70.1 Å². The van der Waals surface area contributed by atoms with Crippen LogP contribution in [-0.2, 0) is 5.41 Å². The summed E-state index contributed by atoms with van der Waals surface area (Å²) in [5, 5.41) is 7.14. The van der Waals surface area contributed by atoms with E-state index in [1.54, 1.807) is 0 Å². The molecule has 12 aromatic rings. The fourth-order valence-corrected chi connectivity index (χ4v) is 12.4. The lowest BCUT2D eigenvalue weighted by Crippen LogP contribution is -2.32. The molecule has 308 valence electrons. The lowest BCUT2D eigenvalue weighted by molar-refractivity contribution is 0.447. The molecule has 0 radical (unpaired) electrons. The molecule has 1 aliphatic heterocycles. The molecule has 0 atom stereocenters. The summed E-state index contributed by atoms with van der Waals surface area (Å²) in [5.74, 6) is 1.85. The van der Waals surface area contributed by atoms with E-state index < -0.39 is 5.41 Å². The van der Waals surface area contributed by atoms with Crippen LogP contribution in [0.1, 0.15) is 22.3 Å². The largest absolute Gasteiger partial charge is 0.455 e. The molecule has 66 heavy (non-hydrogen) atoms. The summed E-state index contributed by atoms with van der Waals surface area (Å²) in [7, 11) is 0. The number of ether oxygens (including phenoxy) is 1. The molecule has 3 heteroatoms. The Kier molecular flexibility index (Phi) is 8.10. The summed E-state index contributed by atoms with van der Waals surface area (Å²) in [6.07, 6.45) is 0. The Morgan fingerprint density at radius 2 is 0.939 bits per heavy atom. The molecular formula is C63H39NOS. The first kappa shape index (κ1) is 37.2. The smallest absolute Gasteiger partial charge is 0.140 e. The molecule has 0 N–H and O–H groups in total. The molecule has 14 rings (SSSR count). The third-order valence-electron chi connectivity index (χ3n) is 14.1. The van der Waals surface area contributed by atoms with Crippen LogP contribution in [0.25, 0.3) is 75.1 Å². The SMILES string of the molecule is c1ccc(-c2cccc(N(c3ccc4c(c3)sc3ccccc34)c3ccccc3-c3ccc4c(c3)C3(c5ccccc5-4)c4ccc5ccccc5c4Oc4c3ccc3ccccc43)c2)cc1. The van der Waals surface area contributed by atoms with Gasteiger partial charge in [-0.25, -0.2) is 0 Å². The van der Waals surface area contributed by atoms with Crippen molar-refractivity contribution in [3.63, 3.8) is 0 Å². The van der Waals surface area contributed by atoms with Crippen LogP contribution in [-0.4, -0.2) is 0 Å². The number of nitrogens with zero attached hydrogens (tertiary/aromatic N) is 1. The third-order valence-corrected chi connectivity index (χ3v) is 15.2. The number of rotatable bonds is 5. The predicted molar refractivity (Wildman–Crippen MR) is 277 cm³/mol. The Hall–Kier alpha value is -8.24. The fourth-order valence-electron chi connectivity index (χ4n) is 11.2. The zero-order chi connectivity index (χ0) is 43.3. The van der Waals surface area contributed by atoms with Gasteiger partial charge in [0.1, 0.15) is 11.5 Å². The van der Waals surface area contributed by atoms with E-state index in [-0.39, 0.29) is 0 Å². The second-order valence-corrected chi connectivity index (χ2v) is 18.6. The van der Waals surface area contributed by atoms with Gasteiger partial charge >= 0.3 is 0 Å². The fraction of sp³-hybridized carbons (Fsp3) is 0.0159. The zero-order valence-electron chi connectivity index (χ0n) is 35.8. The molecule has 1 aromatic heterocycles. The van der Waals surface area contributed by atoms with E-state index in [4.69, 9.17) is 4.74 Å². The van der Waals surface area contributed by atoms with Gasteiger partial charge in [0.2, 0.25) is 0 Å². The Bertz CT molecular complexity index is 3850. The van der Waals surface area contributed by atoms with E-state index in [2.05, 4.69) is 241 Å². The topological polar surface area (TPSA) is 12.5 Å². The van der Waals surface area contributed by atoms with Crippen molar-refractivity contribution < 1.29 is 4.74 Å². The van der Waals surface area contributed by atoms with E-state index >= 15 is 0 Å². The number of benzene rings is 11. The highest BCUT2D eigenvalue weighted by molar-refractivity contribution is 7.25. The summed E-state index contributed by atoms with van der Waals surface area (Å²) in [5.41, 5.74) is 14.7. The van der Waals surface area contributed by atoms with Gasteiger partial charge in [-0.2, -0.15) is 0 Å². The molecule has 0 saturated carbocycles. The van der Waals surface area contributed by atoms with Crippen molar-refractivity contribution in [2.45, 2.75) is 5.41 Å². The summed E-state index contributed by atoms with van der Waals surface area (Å²) in [6, 6.07) is 87.1. The van der Waals surface area contributed by atoms with Crippen LogP contribution < -0.4 is 9.64 Å². The molecule has 2 heterocycles. The highest BCUT2D eigenvalue weighted by Gasteiger charge is 2.52. The Morgan fingerprint density at radius 1 is 0.333 bits per heavy atom. The van der Waals surface area contributed by atoms with E-state index in [0.717, 1.165) is 72.4 Å². The van der Waals surface area contributed by atoms with Gasteiger partial charge in [-0.15, -0.1) is 11.3 Å².